The number of hydrogen-bond acceptors (Lipinski definition) is 8. The average Bonchev–Trinajstić information content (AvgIpc) is 3.39. The third-order valence-electron chi connectivity index (χ3n) is 9.01. The summed E-state index contributed by atoms with van der Waals surface area (Å²) in [6.07, 6.45) is 6.64. The molecule has 41 heavy (non-hydrogen) atoms. The normalized spacial score (nSPS) is 28.9. The number of amidine groups is 2. The molecule has 4 aliphatic heterocycles. The van der Waals surface area contributed by atoms with Crippen LogP contribution in [0.2, 0.25) is 0 Å². The van der Waals surface area contributed by atoms with Gasteiger partial charge in [-0.25, -0.2) is 4.99 Å². The molecule has 1 radical (unpaired) electrons. The van der Waals surface area contributed by atoms with E-state index >= 15 is 0 Å². The molecule has 2 fully saturated rings. The molecule has 0 spiro atoms. The van der Waals surface area contributed by atoms with Crippen LogP contribution in [0.3, 0.4) is 0 Å². The Kier molecular flexibility index (Phi) is 9.41. The lowest BCUT2D eigenvalue weighted by Crippen LogP contribution is -2.58. The van der Waals surface area contributed by atoms with Crippen molar-refractivity contribution in [3.05, 3.63) is 54.0 Å². The molecule has 1 amide bonds. The second kappa shape index (κ2) is 13.2. The molecule has 1 aromatic carbocycles. The Balaban J connectivity index is 1.33. The van der Waals surface area contributed by atoms with Crippen molar-refractivity contribution < 1.29 is 14.3 Å². The molecule has 4 heterocycles. The van der Waals surface area contributed by atoms with Crippen molar-refractivity contribution in [3.8, 4) is 6.07 Å². The van der Waals surface area contributed by atoms with Crippen LogP contribution in [0.5, 0.6) is 0 Å². The fourth-order valence-electron chi connectivity index (χ4n) is 6.64. The molecule has 219 valence electrons. The van der Waals surface area contributed by atoms with Gasteiger partial charge in [0.25, 0.3) is 0 Å². The summed E-state index contributed by atoms with van der Waals surface area (Å²) in [5, 5.41) is 9.51. The Labute approximate surface area is 244 Å². The maximum atomic E-state index is 12.5. The van der Waals surface area contributed by atoms with Crippen molar-refractivity contribution >= 4 is 17.8 Å². The Hall–Kier alpha value is -3.22. The van der Waals surface area contributed by atoms with E-state index in [1.165, 1.54) is 23.6 Å². The number of likely N-dealkylation sites (N-methyl/N-ethyl adjacent to an activating group) is 1. The van der Waals surface area contributed by atoms with Gasteiger partial charge in [0.05, 0.1) is 42.7 Å². The topological polar surface area (TPSA) is 93.8 Å². The molecule has 5 atom stereocenters. The number of aliphatic imine (C=N–C) groups is 2. The number of rotatable bonds is 7. The molecule has 2 saturated heterocycles. The van der Waals surface area contributed by atoms with Gasteiger partial charge < -0.3 is 24.2 Å². The zero-order chi connectivity index (χ0) is 28.9. The SMILES string of the molecule is C=CC(=O)N1CCN(C2=NC(OCC3CCCN3C)=NC(C)[C]2CC[C@H]2Cc3ccccc3C(C)O2)CC1CC#N. The highest BCUT2D eigenvalue weighted by Gasteiger charge is 2.38. The summed E-state index contributed by atoms with van der Waals surface area (Å²) >= 11 is 0. The summed E-state index contributed by atoms with van der Waals surface area (Å²) in [6.45, 7) is 11.2. The molecule has 1 aromatic rings. The number of likely N-dealkylation sites (tertiary alicyclic amines) is 1. The average molecular weight is 560 g/mol. The molecule has 0 saturated carbocycles. The summed E-state index contributed by atoms with van der Waals surface area (Å²) in [5.74, 6) is 1.90. The van der Waals surface area contributed by atoms with Crippen LogP contribution in [0.4, 0.5) is 0 Å². The van der Waals surface area contributed by atoms with Crippen LogP contribution in [0.15, 0.2) is 46.9 Å². The fourth-order valence-corrected chi connectivity index (χ4v) is 6.64. The number of fused-ring (bicyclic) bond motifs is 1. The molecule has 0 bridgehead atoms. The van der Waals surface area contributed by atoms with Gasteiger partial charge in [-0.15, -0.1) is 0 Å². The number of nitrogens with zero attached hydrogens (tertiary/aromatic N) is 6. The molecular weight excluding hydrogens is 516 g/mol. The van der Waals surface area contributed by atoms with Gasteiger partial charge in [0, 0.05) is 25.7 Å². The number of amides is 1. The van der Waals surface area contributed by atoms with Crippen LogP contribution >= 0.6 is 0 Å². The van der Waals surface area contributed by atoms with Crippen molar-refractivity contribution in [2.24, 2.45) is 9.98 Å². The number of benzene rings is 1. The van der Waals surface area contributed by atoms with Gasteiger partial charge in [-0.2, -0.15) is 10.3 Å². The fraction of sp³-hybridized carbons (Fsp3) is 0.594. The van der Waals surface area contributed by atoms with E-state index in [9.17, 15) is 10.1 Å². The van der Waals surface area contributed by atoms with E-state index in [2.05, 4.69) is 67.6 Å². The number of ether oxygens (including phenoxy) is 2. The first-order valence-electron chi connectivity index (χ1n) is 15.0. The predicted octanol–water partition coefficient (Wildman–Crippen LogP) is 3.92. The number of nitriles is 1. The number of carbonyl (C=O) groups excluding carboxylic acids is 1. The van der Waals surface area contributed by atoms with E-state index < -0.39 is 0 Å². The minimum absolute atomic E-state index is 0.0702. The largest absolute Gasteiger partial charge is 0.462 e. The molecule has 0 aliphatic carbocycles. The lowest BCUT2D eigenvalue weighted by atomic mass is 9.87. The predicted molar refractivity (Wildman–Crippen MR) is 159 cm³/mol. The smallest absolute Gasteiger partial charge is 0.313 e. The lowest BCUT2D eigenvalue weighted by molar-refractivity contribution is -0.130. The Morgan fingerprint density at radius 1 is 1.24 bits per heavy atom. The van der Waals surface area contributed by atoms with E-state index in [0.29, 0.717) is 38.3 Å². The van der Waals surface area contributed by atoms with Crippen LogP contribution < -0.4 is 0 Å². The molecule has 4 aliphatic rings. The molecule has 0 aromatic heterocycles. The van der Waals surface area contributed by atoms with Crippen LogP contribution in [-0.2, 0) is 20.7 Å². The Morgan fingerprint density at radius 3 is 2.83 bits per heavy atom. The van der Waals surface area contributed by atoms with E-state index in [-0.39, 0.29) is 36.6 Å². The van der Waals surface area contributed by atoms with Crippen molar-refractivity contribution in [2.75, 3.05) is 39.8 Å². The van der Waals surface area contributed by atoms with Crippen LogP contribution in [0, 0.1) is 17.2 Å². The van der Waals surface area contributed by atoms with Crippen LogP contribution in [0.1, 0.15) is 63.2 Å². The maximum absolute atomic E-state index is 12.5. The summed E-state index contributed by atoms with van der Waals surface area (Å²) in [4.78, 5) is 28.7. The van der Waals surface area contributed by atoms with E-state index in [1.54, 1.807) is 4.90 Å². The zero-order valence-electron chi connectivity index (χ0n) is 24.7. The maximum Gasteiger partial charge on any atom is 0.313 e. The second-order valence-electron chi connectivity index (χ2n) is 11.7. The zero-order valence-corrected chi connectivity index (χ0v) is 24.7. The first-order chi connectivity index (χ1) is 19.9. The van der Waals surface area contributed by atoms with E-state index in [0.717, 1.165) is 44.0 Å². The second-order valence-corrected chi connectivity index (χ2v) is 11.7. The van der Waals surface area contributed by atoms with Gasteiger partial charge in [-0.05, 0) is 76.7 Å². The van der Waals surface area contributed by atoms with Gasteiger partial charge in [0.2, 0.25) is 5.91 Å². The summed E-state index contributed by atoms with van der Waals surface area (Å²) in [5.41, 5.74) is 2.64. The summed E-state index contributed by atoms with van der Waals surface area (Å²) < 4.78 is 12.6. The van der Waals surface area contributed by atoms with Crippen molar-refractivity contribution in [3.63, 3.8) is 0 Å². The van der Waals surface area contributed by atoms with Gasteiger partial charge in [0.15, 0.2) is 0 Å². The quantitative estimate of drug-likeness (QED) is 0.470. The van der Waals surface area contributed by atoms with Crippen LogP contribution in [0.25, 0.3) is 0 Å². The highest BCUT2D eigenvalue weighted by Crippen LogP contribution is 2.34. The van der Waals surface area contributed by atoms with Crippen molar-refractivity contribution in [1.29, 1.82) is 5.26 Å². The Morgan fingerprint density at radius 2 is 2.07 bits per heavy atom. The molecular formula is C32H43N6O3. The molecule has 0 N–H and O–H groups in total. The summed E-state index contributed by atoms with van der Waals surface area (Å²) in [7, 11) is 2.14. The number of hydrogen-bond donors (Lipinski definition) is 0. The van der Waals surface area contributed by atoms with Crippen LogP contribution in [-0.4, -0.2) is 96.5 Å². The molecule has 9 nitrogen and oxygen atoms in total. The monoisotopic (exact) mass is 559 g/mol. The van der Waals surface area contributed by atoms with E-state index in [1.807, 2.05) is 0 Å². The minimum atomic E-state index is -0.229. The first-order valence-corrected chi connectivity index (χ1v) is 15.0. The first kappa shape index (κ1) is 29.3. The van der Waals surface area contributed by atoms with Gasteiger partial charge >= 0.3 is 6.02 Å². The standard InChI is InChI=1S/C32H43N6O3/c1-5-30(39)38-18-17-37(20-25(38)14-15-33)31-28(13-12-27-19-24-9-6-7-11-29(24)23(3)41-27)22(2)34-32(35-31)40-21-26-10-8-16-36(26)4/h5-7,9,11,22-23,25-27H,1,8,10,12-14,16-21H2,2-4H3/t22?,23?,25?,26?,27-/m0/s1. The van der Waals surface area contributed by atoms with Gasteiger partial charge in [-0.3, -0.25) is 4.79 Å². The third-order valence-corrected chi connectivity index (χ3v) is 9.01. The molecule has 4 unspecified atom stereocenters. The van der Waals surface area contributed by atoms with Gasteiger partial charge in [0.1, 0.15) is 12.4 Å². The third kappa shape index (κ3) is 6.65. The number of piperazine rings is 1. The highest BCUT2D eigenvalue weighted by molar-refractivity contribution is 6.05. The van der Waals surface area contributed by atoms with Crippen molar-refractivity contribution in [2.45, 2.75) is 82.7 Å². The van der Waals surface area contributed by atoms with Gasteiger partial charge in [-0.1, -0.05) is 30.8 Å². The van der Waals surface area contributed by atoms with Crippen molar-refractivity contribution in [1.82, 2.24) is 14.7 Å². The minimum Gasteiger partial charge on any atom is -0.462 e. The van der Waals surface area contributed by atoms with E-state index in [4.69, 9.17) is 19.5 Å². The molecule has 5 rings (SSSR count). The lowest BCUT2D eigenvalue weighted by Gasteiger charge is -2.44. The Bertz CT molecular complexity index is 1210. The molecule has 9 heteroatoms. The summed E-state index contributed by atoms with van der Waals surface area (Å²) in [6, 6.07) is 11.3. The highest BCUT2D eigenvalue weighted by atomic mass is 16.5. The number of carbonyl (C=O) groups is 1.